The fourth-order valence-corrected chi connectivity index (χ4v) is 4.11. The summed E-state index contributed by atoms with van der Waals surface area (Å²) < 4.78 is 1.86. The van der Waals surface area contributed by atoms with E-state index < -0.39 is 0 Å². The molecule has 0 bridgehead atoms. The summed E-state index contributed by atoms with van der Waals surface area (Å²) in [6.07, 6.45) is 3.87. The molecular formula is C14H18ClN3S. The van der Waals surface area contributed by atoms with Gasteiger partial charge in [-0.25, -0.2) is 0 Å². The number of fused-ring (bicyclic) bond motifs is 1. The van der Waals surface area contributed by atoms with E-state index in [0.29, 0.717) is 0 Å². The van der Waals surface area contributed by atoms with E-state index in [9.17, 15) is 0 Å². The van der Waals surface area contributed by atoms with Gasteiger partial charge in [-0.2, -0.15) is 5.10 Å². The van der Waals surface area contributed by atoms with Gasteiger partial charge in [0.25, 0.3) is 0 Å². The number of thiophene rings is 1. The van der Waals surface area contributed by atoms with Gasteiger partial charge in [0.2, 0.25) is 0 Å². The molecule has 0 aliphatic heterocycles. The van der Waals surface area contributed by atoms with Gasteiger partial charge >= 0.3 is 0 Å². The van der Waals surface area contributed by atoms with Crippen LogP contribution in [-0.2, 0) is 33.0 Å². The fourth-order valence-electron chi connectivity index (χ4n) is 2.65. The second-order valence-corrected chi connectivity index (χ2v) is 6.69. The zero-order valence-electron chi connectivity index (χ0n) is 11.3. The van der Waals surface area contributed by atoms with Crippen molar-refractivity contribution < 1.29 is 0 Å². The first-order chi connectivity index (χ1) is 9.15. The normalized spacial score (nSPS) is 14.1. The largest absolute Gasteiger partial charge is 0.306 e. The lowest BCUT2D eigenvalue weighted by Crippen LogP contribution is -2.15. The maximum Gasteiger partial charge on any atom is 0.0860 e. The monoisotopic (exact) mass is 295 g/mol. The van der Waals surface area contributed by atoms with Gasteiger partial charge in [-0.15, -0.1) is 11.3 Å². The van der Waals surface area contributed by atoms with E-state index in [0.717, 1.165) is 29.5 Å². The van der Waals surface area contributed by atoms with E-state index in [2.05, 4.69) is 16.5 Å². The van der Waals surface area contributed by atoms with Gasteiger partial charge in [0.15, 0.2) is 0 Å². The number of nitrogens with one attached hydrogen (secondary N) is 1. The Morgan fingerprint density at radius 1 is 1.42 bits per heavy atom. The van der Waals surface area contributed by atoms with Gasteiger partial charge in [-0.05, 0) is 37.8 Å². The van der Waals surface area contributed by atoms with E-state index in [-0.39, 0.29) is 0 Å². The van der Waals surface area contributed by atoms with Crippen LogP contribution in [0.3, 0.4) is 0 Å². The third-order valence-electron chi connectivity index (χ3n) is 3.65. The zero-order chi connectivity index (χ0) is 13.4. The highest BCUT2D eigenvalue weighted by atomic mass is 35.5. The molecule has 1 aliphatic rings. The number of hydrogen-bond acceptors (Lipinski definition) is 3. The topological polar surface area (TPSA) is 29.9 Å². The lowest BCUT2D eigenvalue weighted by atomic mass is 10.2. The van der Waals surface area contributed by atoms with Crippen LogP contribution in [0.5, 0.6) is 0 Å². The first-order valence-corrected chi connectivity index (χ1v) is 7.83. The van der Waals surface area contributed by atoms with E-state index in [4.69, 9.17) is 11.6 Å². The molecule has 19 heavy (non-hydrogen) atoms. The minimum Gasteiger partial charge on any atom is -0.306 e. The third-order valence-corrected chi connectivity index (χ3v) is 5.38. The number of rotatable bonds is 4. The lowest BCUT2D eigenvalue weighted by molar-refractivity contribution is 0.628. The van der Waals surface area contributed by atoms with E-state index in [1.54, 1.807) is 10.4 Å². The minimum atomic E-state index is 0.763. The Bertz CT molecular complexity index is 579. The Hall–Kier alpha value is -0.840. The number of aromatic nitrogens is 2. The summed E-state index contributed by atoms with van der Waals surface area (Å²) in [6.45, 7) is 3.62. The summed E-state index contributed by atoms with van der Waals surface area (Å²) in [4.78, 5) is 3.02. The van der Waals surface area contributed by atoms with Crippen molar-refractivity contribution in [3.63, 3.8) is 0 Å². The first-order valence-electron chi connectivity index (χ1n) is 6.64. The first kappa shape index (κ1) is 13.2. The minimum absolute atomic E-state index is 0.763. The number of halogens is 1. The van der Waals surface area contributed by atoms with Crippen LogP contribution in [0, 0.1) is 6.92 Å². The molecule has 0 amide bonds. The van der Waals surface area contributed by atoms with Crippen LogP contribution in [0.25, 0.3) is 0 Å². The van der Waals surface area contributed by atoms with Crippen molar-refractivity contribution in [2.75, 3.05) is 0 Å². The summed E-state index contributed by atoms with van der Waals surface area (Å²) >= 11 is 8.19. The molecule has 5 heteroatoms. The molecule has 0 radical (unpaired) electrons. The smallest absolute Gasteiger partial charge is 0.0860 e. The van der Waals surface area contributed by atoms with Gasteiger partial charge in [0, 0.05) is 29.9 Å². The second kappa shape index (κ2) is 5.27. The van der Waals surface area contributed by atoms with Crippen molar-refractivity contribution in [1.29, 1.82) is 0 Å². The van der Waals surface area contributed by atoms with Crippen molar-refractivity contribution >= 4 is 22.9 Å². The molecule has 0 unspecified atom stereocenters. The Balaban J connectivity index is 1.60. The molecule has 0 saturated carbocycles. The van der Waals surface area contributed by atoms with E-state index in [1.165, 1.54) is 24.1 Å². The standard InChI is InChI=1S/C14H18ClN3S/c1-9-14(15)12(18(2)17-9)8-16-7-11-6-10-4-3-5-13(10)19-11/h6,16H,3-5,7-8H2,1-2H3. The van der Waals surface area contributed by atoms with Crippen LogP contribution in [0.4, 0.5) is 0 Å². The van der Waals surface area contributed by atoms with Crippen LogP contribution < -0.4 is 5.32 Å². The molecule has 0 spiro atoms. The molecule has 0 fully saturated rings. The Morgan fingerprint density at radius 3 is 2.95 bits per heavy atom. The number of nitrogens with zero attached hydrogens (tertiary/aromatic N) is 2. The third kappa shape index (κ3) is 2.57. The van der Waals surface area contributed by atoms with Crippen molar-refractivity contribution in [3.8, 4) is 0 Å². The van der Waals surface area contributed by atoms with E-state index >= 15 is 0 Å². The summed E-state index contributed by atoms with van der Waals surface area (Å²) in [5.41, 5.74) is 3.52. The number of aryl methyl sites for hydroxylation is 4. The highest BCUT2D eigenvalue weighted by molar-refractivity contribution is 7.12. The van der Waals surface area contributed by atoms with Crippen LogP contribution in [0.1, 0.15) is 33.1 Å². The molecule has 1 N–H and O–H groups in total. The van der Waals surface area contributed by atoms with Gasteiger partial charge in [-0.3, -0.25) is 4.68 Å². The van der Waals surface area contributed by atoms with Crippen molar-refractivity contribution in [2.24, 2.45) is 7.05 Å². The van der Waals surface area contributed by atoms with Crippen molar-refractivity contribution in [2.45, 2.75) is 39.3 Å². The summed E-state index contributed by atoms with van der Waals surface area (Å²) in [5.74, 6) is 0. The average Bonchev–Trinajstić information content (AvgIpc) is 2.99. The van der Waals surface area contributed by atoms with Gasteiger partial charge in [-0.1, -0.05) is 11.6 Å². The van der Waals surface area contributed by atoms with Crippen molar-refractivity contribution in [1.82, 2.24) is 15.1 Å². The molecule has 3 nitrogen and oxygen atoms in total. The van der Waals surface area contributed by atoms with Gasteiger partial charge < -0.3 is 5.32 Å². The second-order valence-electron chi connectivity index (χ2n) is 5.09. The quantitative estimate of drug-likeness (QED) is 0.938. The molecule has 2 heterocycles. The average molecular weight is 296 g/mol. The van der Waals surface area contributed by atoms with Crippen LogP contribution in [-0.4, -0.2) is 9.78 Å². The predicted molar refractivity (Wildman–Crippen MR) is 79.8 cm³/mol. The summed E-state index contributed by atoms with van der Waals surface area (Å²) in [6, 6.07) is 2.36. The predicted octanol–water partition coefficient (Wildman–Crippen LogP) is 3.22. The molecule has 102 valence electrons. The molecule has 2 aromatic heterocycles. The molecular weight excluding hydrogens is 278 g/mol. The Kier molecular flexibility index (Phi) is 3.65. The molecule has 0 aromatic carbocycles. The number of hydrogen-bond donors (Lipinski definition) is 1. The van der Waals surface area contributed by atoms with Crippen LogP contribution in [0.2, 0.25) is 5.02 Å². The van der Waals surface area contributed by atoms with Crippen molar-refractivity contribution in [3.05, 3.63) is 37.8 Å². The van der Waals surface area contributed by atoms with Crippen LogP contribution >= 0.6 is 22.9 Å². The summed E-state index contributed by atoms with van der Waals surface area (Å²) in [5, 5.41) is 8.57. The molecule has 2 aromatic rings. The summed E-state index contributed by atoms with van der Waals surface area (Å²) in [7, 11) is 1.94. The Labute approximate surface area is 122 Å². The Morgan fingerprint density at radius 2 is 2.26 bits per heavy atom. The van der Waals surface area contributed by atoms with Gasteiger partial charge in [0.05, 0.1) is 16.4 Å². The SMILES string of the molecule is Cc1nn(C)c(CNCc2cc3c(s2)CCC3)c1Cl. The fraction of sp³-hybridized carbons (Fsp3) is 0.500. The van der Waals surface area contributed by atoms with Crippen LogP contribution in [0.15, 0.2) is 6.07 Å². The maximum atomic E-state index is 6.24. The molecule has 3 rings (SSSR count). The molecule has 1 aliphatic carbocycles. The van der Waals surface area contributed by atoms with E-state index in [1.807, 2.05) is 30.0 Å². The lowest BCUT2D eigenvalue weighted by Gasteiger charge is -2.04. The molecule has 0 atom stereocenters. The highest BCUT2D eigenvalue weighted by Gasteiger charge is 2.15. The zero-order valence-corrected chi connectivity index (χ0v) is 12.9. The highest BCUT2D eigenvalue weighted by Crippen LogP contribution is 2.30. The van der Waals surface area contributed by atoms with Gasteiger partial charge in [0.1, 0.15) is 0 Å². The maximum absolute atomic E-state index is 6.24. The molecule has 0 saturated heterocycles.